The van der Waals surface area contributed by atoms with E-state index in [2.05, 4.69) is 10.6 Å². The minimum Gasteiger partial charge on any atom is -0.504 e. The third kappa shape index (κ3) is 3.75. The molecule has 3 aliphatic rings. The van der Waals surface area contributed by atoms with E-state index in [0.717, 1.165) is 10.5 Å². The summed E-state index contributed by atoms with van der Waals surface area (Å²) in [5, 5.41) is 26.3. The fourth-order valence-corrected chi connectivity index (χ4v) is 6.52. The molecule has 3 amide bonds. The molecule has 40 heavy (non-hydrogen) atoms. The Balaban J connectivity index is 1.47. The van der Waals surface area contributed by atoms with Crippen LogP contribution in [-0.2, 0) is 31.1 Å². The van der Waals surface area contributed by atoms with Gasteiger partial charge >= 0.3 is 5.97 Å². The van der Waals surface area contributed by atoms with Crippen LogP contribution in [0.2, 0.25) is 5.02 Å². The summed E-state index contributed by atoms with van der Waals surface area (Å²) in [7, 11) is 0. The molecule has 3 aromatic carbocycles. The molecule has 3 aliphatic heterocycles. The van der Waals surface area contributed by atoms with Gasteiger partial charge in [-0.25, -0.2) is 4.90 Å². The highest BCUT2D eigenvalue weighted by molar-refractivity contribution is 6.35. The molecule has 0 radical (unpaired) electrons. The van der Waals surface area contributed by atoms with Crippen molar-refractivity contribution >= 4 is 46.7 Å². The number of amides is 3. The van der Waals surface area contributed by atoms with Crippen molar-refractivity contribution in [2.45, 2.75) is 31.8 Å². The quantitative estimate of drug-likeness (QED) is 0.164. The van der Waals surface area contributed by atoms with E-state index in [0.29, 0.717) is 21.8 Å². The van der Waals surface area contributed by atoms with Crippen molar-refractivity contribution in [2.24, 2.45) is 11.8 Å². The molecule has 1 spiro atoms. The third-order valence-electron chi connectivity index (χ3n) is 7.77. The fourth-order valence-electron chi connectivity index (χ4n) is 6.20. The standard InChI is InChI=1S/C29H24ClN3O7/c1-13-9-18-25(19(30)10-13)31-28(39)29(18)24-23(20(32-29)11-15-3-8-21(35)22(36)12-15)26(37)33(27(24)38)16-4-6-17(7-5-16)40-14(2)34/h3-10,12,20,23-24,32,35-36H,11H2,1-2H3,(H,31,39)/t20-,23+,24-,29+/m0/s1. The normalized spacial score (nSPS) is 24.8. The van der Waals surface area contributed by atoms with Crippen molar-refractivity contribution in [3.8, 4) is 17.2 Å². The summed E-state index contributed by atoms with van der Waals surface area (Å²) in [4.78, 5) is 54.3. The van der Waals surface area contributed by atoms with Crippen LogP contribution in [0.4, 0.5) is 11.4 Å². The number of aromatic hydroxyl groups is 2. The van der Waals surface area contributed by atoms with Gasteiger partial charge in [-0.2, -0.15) is 0 Å². The number of hydrogen-bond donors (Lipinski definition) is 4. The van der Waals surface area contributed by atoms with Crippen LogP contribution in [0, 0.1) is 18.8 Å². The number of carbonyl (C=O) groups is 4. The molecule has 3 aromatic rings. The Morgan fingerprint density at radius 3 is 2.42 bits per heavy atom. The highest BCUT2D eigenvalue weighted by Gasteiger charge is 2.70. The first-order valence-electron chi connectivity index (χ1n) is 12.6. The number of fused-ring (bicyclic) bond motifs is 4. The number of nitrogens with one attached hydrogen (secondary N) is 2. The first-order chi connectivity index (χ1) is 19.0. The summed E-state index contributed by atoms with van der Waals surface area (Å²) >= 11 is 6.49. The van der Waals surface area contributed by atoms with Crippen molar-refractivity contribution in [3.05, 3.63) is 76.3 Å². The van der Waals surface area contributed by atoms with Gasteiger partial charge in [0.25, 0.3) is 0 Å². The van der Waals surface area contributed by atoms with E-state index < -0.39 is 47.1 Å². The van der Waals surface area contributed by atoms with Gasteiger partial charge in [0.05, 0.1) is 28.2 Å². The lowest BCUT2D eigenvalue weighted by Gasteiger charge is -2.30. The Morgan fingerprint density at radius 1 is 1.02 bits per heavy atom. The van der Waals surface area contributed by atoms with Gasteiger partial charge in [-0.15, -0.1) is 0 Å². The van der Waals surface area contributed by atoms with Crippen molar-refractivity contribution < 1.29 is 34.1 Å². The Bertz CT molecular complexity index is 1620. The monoisotopic (exact) mass is 561 g/mol. The Morgan fingerprint density at radius 2 is 1.75 bits per heavy atom. The van der Waals surface area contributed by atoms with Gasteiger partial charge in [0.2, 0.25) is 17.7 Å². The maximum atomic E-state index is 14.1. The van der Waals surface area contributed by atoms with Crippen LogP contribution < -0.4 is 20.3 Å². The van der Waals surface area contributed by atoms with E-state index in [4.69, 9.17) is 16.3 Å². The van der Waals surface area contributed by atoms with Crippen LogP contribution in [0.3, 0.4) is 0 Å². The van der Waals surface area contributed by atoms with Crippen LogP contribution in [-0.4, -0.2) is 39.9 Å². The summed E-state index contributed by atoms with van der Waals surface area (Å²) in [6.07, 6.45) is 0.178. The molecule has 4 atom stereocenters. The van der Waals surface area contributed by atoms with E-state index in [1.54, 1.807) is 18.2 Å². The molecule has 10 nitrogen and oxygen atoms in total. The number of esters is 1. The van der Waals surface area contributed by atoms with Gasteiger partial charge in [0, 0.05) is 18.5 Å². The van der Waals surface area contributed by atoms with Crippen molar-refractivity contribution in [1.82, 2.24) is 5.32 Å². The second-order valence-electron chi connectivity index (χ2n) is 10.3. The second-order valence-corrected chi connectivity index (χ2v) is 10.7. The number of aryl methyl sites for hydroxylation is 1. The number of nitrogens with zero attached hydrogens (tertiary/aromatic N) is 1. The molecule has 11 heteroatoms. The average Bonchev–Trinajstić information content (AvgIpc) is 3.47. The van der Waals surface area contributed by atoms with E-state index in [9.17, 15) is 29.4 Å². The van der Waals surface area contributed by atoms with Gasteiger partial charge in [-0.05, 0) is 66.9 Å². The highest BCUT2D eigenvalue weighted by atomic mass is 35.5. The fraction of sp³-hybridized carbons (Fsp3) is 0.241. The summed E-state index contributed by atoms with van der Waals surface area (Å²) < 4.78 is 5.07. The number of hydrogen-bond acceptors (Lipinski definition) is 8. The van der Waals surface area contributed by atoms with Crippen LogP contribution in [0.1, 0.15) is 23.6 Å². The molecular weight excluding hydrogens is 538 g/mol. The number of rotatable bonds is 4. The third-order valence-corrected chi connectivity index (χ3v) is 8.07. The lowest BCUT2D eigenvalue weighted by molar-refractivity contribution is -0.132. The predicted octanol–water partition coefficient (Wildman–Crippen LogP) is 3.15. The average molecular weight is 562 g/mol. The van der Waals surface area contributed by atoms with E-state index in [-0.39, 0.29) is 29.4 Å². The Kier molecular flexibility index (Phi) is 5.86. The molecule has 0 unspecified atom stereocenters. The number of halogens is 1. The maximum Gasteiger partial charge on any atom is 0.308 e. The van der Waals surface area contributed by atoms with Crippen LogP contribution in [0.15, 0.2) is 54.6 Å². The van der Waals surface area contributed by atoms with Crippen LogP contribution >= 0.6 is 11.6 Å². The van der Waals surface area contributed by atoms with Gasteiger partial charge in [0.1, 0.15) is 11.3 Å². The first kappa shape index (κ1) is 25.8. The summed E-state index contributed by atoms with van der Waals surface area (Å²) in [6, 6.07) is 13.1. The zero-order valence-electron chi connectivity index (χ0n) is 21.4. The molecule has 6 rings (SSSR count). The van der Waals surface area contributed by atoms with Crippen molar-refractivity contribution in [2.75, 3.05) is 10.2 Å². The highest BCUT2D eigenvalue weighted by Crippen LogP contribution is 2.55. The molecule has 0 aromatic heterocycles. The number of ether oxygens (including phenoxy) is 1. The lowest BCUT2D eigenvalue weighted by atomic mass is 9.76. The summed E-state index contributed by atoms with van der Waals surface area (Å²) in [5.74, 6) is -4.44. The van der Waals surface area contributed by atoms with Crippen LogP contribution in [0.25, 0.3) is 0 Å². The number of phenolic OH excluding ortho intramolecular Hbond substituents is 2. The molecule has 2 saturated heterocycles. The number of benzene rings is 3. The topological polar surface area (TPSA) is 145 Å². The van der Waals surface area contributed by atoms with Gasteiger partial charge in [0.15, 0.2) is 11.5 Å². The second kappa shape index (κ2) is 9.07. The first-order valence-corrected chi connectivity index (χ1v) is 13.0. The van der Waals surface area contributed by atoms with E-state index in [1.807, 2.05) is 6.92 Å². The van der Waals surface area contributed by atoms with E-state index in [1.165, 1.54) is 43.3 Å². The number of phenols is 2. The van der Waals surface area contributed by atoms with Crippen molar-refractivity contribution in [3.63, 3.8) is 0 Å². The molecule has 0 aliphatic carbocycles. The molecule has 0 bridgehead atoms. The molecular formula is C29H24ClN3O7. The Hall–Kier alpha value is -4.41. The van der Waals surface area contributed by atoms with Gasteiger partial charge in [-0.3, -0.25) is 24.5 Å². The molecule has 2 fully saturated rings. The number of imide groups is 1. The molecule has 0 saturated carbocycles. The summed E-state index contributed by atoms with van der Waals surface area (Å²) in [6.45, 7) is 3.09. The Labute approximate surface area is 233 Å². The number of anilines is 2. The zero-order chi connectivity index (χ0) is 28.5. The largest absolute Gasteiger partial charge is 0.504 e. The smallest absolute Gasteiger partial charge is 0.308 e. The minimum atomic E-state index is -1.57. The maximum absolute atomic E-state index is 14.1. The SMILES string of the molecule is CC(=O)Oc1ccc(N2C(=O)[C@@H]3[C@H](Cc4ccc(O)c(O)c4)N[C@@]4(C(=O)Nc5c(Cl)cc(C)cc54)[C@@H]3C2=O)cc1. The predicted molar refractivity (Wildman–Crippen MR) is 144 cm³/mol. The van der Waals surface area contributed by atoms with Gasteiger partial charge in [-0.1, -0.05) is 23.7 Å². The van der Waals surface area contributed by atoms with Crippen LogP contribution in [0.5, 0.6) is 17.2 Å². The molecule has 3 heterocycles. The molecule has 4 N–H and O–H groups in total. The zero-order valence-corrected chi connectivity index (χ0v) is 22.2. The lowest BCUT2D eigenvalue weighted by Crippen LogP contribution is -2.53. The summed E-state index contributed by atoms with van der Waals surface area (Å²) in [5.41, 5.74) is 0.946. The number of carbonyl (C=O) groups excluding carboxylic acids is 4. The van der Waals surface area contributed by atoms with Crippen molar-refractivity contribution in [1.29, 1.82) is 0 Å². The van der Waals surface area contributed by atoms with E-state index >= 15 is 0 Å². The van der Waals surface area contributed by atoms with Gasteiger partial charge < -0.3 is 20.3 Å². The molecule has 204 valence electrons. The minimum absolute atomic E-state index is 0.178.